The van der Waals surface area contributed by atoms with E-state index in [2.05, 4.69) is 0 Å². The first-order valence-electron chi connectivity index (χ1n) is 5.95. The lowest BCUT2D eigenvalue weighted by Crippen LogP contribution is -2.31. The Kier molecular flexibility index (Phi) is 4.90. The second-order valence-corrected chi connectivity index (χ2v) is 6.39. The van der Waals surface area contributed by atoms with E-state index in [-0.39, 0.29) is 11.5 Å². The summed E-state index contributed by atoms with van der Waals surface area (Å²) in [5, 5.41) is 9.88. The summed E-state index contributed by atoms with van der Waals surface area (Å²) in [5.41, 5.74) is -0.140. The first-order chi connectivity index (χ1) is 8.27. The van der Waals surface area contributed by atoms with Crippen LogP contribution in [-0.2, 0) is 14.3 Å². The van der Waals surface area contributed by atoms with Gasteiger partial charge in [-0.25, -0.2) is 0 Å². The lowest BCUT2D eigenvalue weighted by atomic mass is 10.0. The fourth-order valence-electron chi connectivity index (χ4n) is 1.59. The Bertz CT molecular complexity index is 474. The lowest BCUT2D eigenvalue weighted by Gasteiger charge is -2.21. The molecule has 1 rings (SSSR count). The van der Waals surface area contributed by atoms with Gasteiger partial charge in [0.2, 0.25) is 0 Å². The van der Waals surface area contributed by atoms with Crippen molar-refractivity contribution >= 4 is 10.1 Å². The molecule has 0 bridgehead atoms. The number of benzene rings is 1. The molecule has 1 atom stereocenters. The van der Waals surface area contributed by atoms with Crippen LogP contribution >= 0.6 is 0 Å². The van der Waals surface area contributed by atoms with Crippen LogP contribution in [0.15, 0.2) is 29.2 Å². The zero-order valence-corrected chi connectivity index (χ0v) is 11.8. The van der Waals surface area contributed by atoms with Crippen molar-refractivity contribution in [2.75, 3.05) is 6.61 Å². The van der Waals surface area contributed by atoms with E-state index in [9.17, 15) is 13.5 Å². The lowest BCUT2D eigenvalue weighted by molar-refractivity contribution is 0.00584. The molecule has 0 aliphatic carbocycles. The average molecular weight is 272 g/mol. The van der Waals surface area contributed by atoms with E-state index in [1.54, 1.807) is 19.1 Å². The van der Waals surface area contributed by atoms with Crippen molar-refractivity contribution in [2.45, 2.75) is 44.1 Å². The van der Waals surface area contributed by atoms with Crippen LogP contribution in [0.1, 0.15) is 32.3 Å². The molecule has 1 N–H and O–H groups in total. The van der Waals surface area contributed by atoms with Crippen LogP contribution in [0.5, 0.6) is 0 Å². The van der Waals surface area contributed by atoms with Gasteiger partial charge in [-0.05, 0) is 32.4 Å². The van der Waals surface area contributed by atoms with Gasteiger partial charge >= 0.3 is 0 Å². The van der Waals surface area contributed by atoms with Gasteiger partial charge in [0.15, 0.2) is 0 Å². The van der Waals surface area contributed by atoms with E-state index in [1.165, 1.54) is 12.1 Å². The molecule has 1 aromatic carbocycles. The Morgan fingerprint density at radius 2 is 1.83 bits per heavy atom. The molecule has 18 heavy (non-hydrogen) atoms. The largest absolute Gasteiger partial charge is 0.388 e. The average Bonchev–Trinajstić information content (AvgIpc) is 2.27. The molecule has 0 heterocycles. The highest BCUT2D eigenvalue weighted by atomic mass is 32.2. The maximum Gasteiger partial charge on any atom is 0.297 e. The zero-order chi connectivity index (χ0) is 13.8. The van der Waals surface area contributed by atoms with E-state index in [0.717, 1.165) is 12.0 Å². The van der Waals surface area contributed by atoms with Crippen molar-refractivity contribution in [3.05, 3.63) is 29.8 Å². The number of aliphatic hydroxyl groups is 1. The van der Waals surface area contributed by atoms with E-state index in [0.29, 0.717) is 6.42 Å². The van der Waals surface area contributed by atoms with Crippen LogP contribution in [-0.4, -0.2) is 25.7 Å². The van der Waals surface area contributed by atoms with E-state index in [1.807, 2.05) is 13.8 Å². The maximum atomic E-state index is 11.9. The SMILES string of the molecule is CCC[C@](C)(O)COS(=O)(=O)c1ccc(C)cc1. The molecule has 0 fully saturated rings. The van der Waals surface area contributed by atoms with E-state index < -0.39 is 15.7 Å². The summed E-state index contributed by atoms with van der Waals surface area (Å²) in [4.78, 5) is 0.111. The Labute approximate surface area is 109 Å². The highest BCUT2D eigenvalue weighted by molar-refractivity contribution is 7.86. The van der Waals surface area contributed by atoms with Crippen LogP contribution < -0.4 is 0 Å². The second-order valence-electron chi connectivity index (χ2n) is 4.78. The third-order valence-electron chi connectivity index (χ3n) is 2.62. The molecule has 4 nitrogen and oxygen atoms in total. The van der Waals surface area contributed by atoms with E-state index in [4.69, 9.17) is 4.18 Å². The topological polar surface area (TPSA) is 63.6 Å². The highest BCUT2D eigenvalue weighted by Crippen LogP contribution is 2.18. The smallest absolute Gasteiger partial charge is 0.297 e. The predicted molar refractivity (Wildman–Crippen MR) is 69.8 cm³/mol. The summed E-state index contributed by atoms with van der Waals surface area (Å²) >= 11 is 0. The standard InChI is InChI=1S/C13H20O4S/c1-4-9-13(3,14)10-17-18(15,16)12-7-5-11(2)6-8-12/h5-8,14H,4,9-10H2,1-3H3/t13-/m0/s1. The van der Waals surface area contributed by atoms with Crippen LogP contribution in [0.4, 0.5) is 0 Å². The Hall–Kier alpha value is -0.910. The van der Waals surface area contributed by atoms with Gasteiger partial charge < -0.3 is 5.11 Å². The molecular weight excluding hydrogens is 252 g/mol. The van der Waals surface area contributed by atoms with Crippen LogP contribution in [0.25, 0.3) is 0 Å². The zero-order valence-electron chi connectivity index (χ0n) is 11.0. The Balaban J connectivity index is 2.74. The minimum atomic E-state index is -3.79. The molecule has 0 unspecified atom stereocenters. The normalized spacial score (nSPS) is 15.3. The minimum absolute atomic E-state index is 0.111. The molecule has 1 aromatic rings. The summed E-state index contributed by atoms with van der Waals surface area (Å²) in [6.07, 6.45) is 1.26. The Morgan fingerprint density at radius 1 is 1.28 bits per heavy atom. The molecule has 0 spiro atoms. The number of hydrogen-bond acceptors (Lipinski definition) is 4. The van der Waals surface area contributed by atoms with E-state index >= 15 is 0 Å². The van der Waals surface area contributed by atoms with Crippen molar-refractivity contribution in [1.82, 2.24) is 0 Å². The van der Waals surface area contributed by atoms with Gasteiger partial charge in [0.1, 0.15) is 0 Å². The number of aryl methyl sites for hydroxylation is 1. The third-order valence-corrected chi connectivity index (χ3v) is 3.90. The van der Waals surface area contributed by atoms with Crippen molar-refractivity contribution in [2.24, 2.45) is 0 Å². The quantitative estimate of drug-likeness (QED) is 0.807. The summed E-state index contributed by atoms with van der Waals surface area (Å²) in [6, 6.07) is 6.42. The number of rotatable bonds is 6. The Morgan fingerprint density at radius 3 is 2.33 bits per heavy atom. The van der Waals surface area contributed by atoms with Crippen LogP contribution in [0.3, 0.4) is 0 Å². The van der Waals surface area contributed by atoms with Gasteiger partial charge in [0, 0.05) is 0 Å². The second kappa shape index (κ2) is 5.82. The van der Waals surface area contributed by atoms with Crippen LogP contribution in [0.2, 0.25) is 0 Å². The monoisotopic (exact) mass is 272 g/mol. The first-order valence-corrected chi connectivity index (χ1v) is 7.36. The molecular formula is C13H20O4S. The number of hydrogen-bond donors (Lipinski definition) is 1. The van der Waals surface area contributed by atoms with Crippen molar-refractivity contribution in [1.29, 1.82) is 0 Å². The van der Waals surface area contributed by atoms with Crippen molar-refractivity contribution in [3.63, 3.8) is 0 Å². The third kappa shape index (κ3) is 4.40. The molecule has 5 heteroatoms. The fourth-order valence-corrected chi connectivity index (χ4v) is 2.60. The van der Waals surface area contributed by atoms with Crippen molar-refractivity contribution in [3.8, 4) is 0 Å². The minimum Gasteiger partial charge on any atom is -0.388 e. The molecule has 0 radical (unpaired) electrons. The first kappa shape index (κ1) is 15.1. The summed E-state index contributed by atoms with van der Waals surface area (Å²) in [6.45, 7) is 5.14. The molecule has 0 saturated heterocycles. The van der Waals surface area contributed by atoms with Gasteiger partial charge in [-0.15, -0.1) is 0 Å². The molecule has 0 saturated carbocycles. The summed E-state index contributed by atoms with van der Waals surface area (Å²) in [7, 11) is -3.79. The molecule has 102 valence electrons. The van der Waals surface area contributed by atoms with Gasteiger partial charge in [-0.3, -0.25) is 4.18 Å². The van der Waals surface area contributed by atoms with Crippen molar-refractivity contribution < 1.29 is 17.7 Å². The summed E-state index contributed by atoms with van der Waals surface area (Å²) < 4.78 is 28.6. The maximum absolute atomic E-state index is 11.9. The van der Waals surface area contributed by atoms with Gasteiger partial charge in [-0.1, -0.05) is 31.0 Å². The van der Waals surface area contributed by atoms with Crippen LogP contribution in [0, 0.1) is 6.92 Å². The van der Waals surface area contributed by atoms with Gasteiger partial charge in [0.25, 0.3) is 10.1 Å². The fraction of sp³-hybridized carbons (Fsp3) is 0.538. The molecule has 0 aromatic heterocycles. The highest BCUT2D eigenvalue weighted by Gasteiger charge is 2.24. The van der Waals surface area contributed by atoms with Gasteiger partial charge in [0.05, 0.1) is 17.1 Å². The van der Waals surface area contributed by atoms with Gasteiger partial charge in [-0.2, -0.15) is 8.42 Å². The molecule has 0 aliphatic rings. The molecule has 0 aliphatic heterocycles. The molecule has 0 amide bonds. The summed E-state index contributed by atoms with van der Waals surface area (Å²) in [5.74, 6) is 0. The predicted octanol–water partition coefficient (Wildman–Crippen LogP) is 2.25.